The summed E-state index contributed by atoms with van der Waals surface area (Å²) in [6.07, 6.45) is 6.84. The van der Waals surface area contributed by atoms with E-state index in [0.717, 1.165) is 16.7 Å². The number of hydrogen-bond acceptors (Lipinski definition) is 6. The van der Waals surface area contributed by atoms with E-state index in [0.29, 0.717) is 32.9 Å². The van der Waals surface area contributed by atoms with Crippen LogP contribution in [0, 0.1) is 15.9 Å². The predicted molar refractivity (Wildman–Crippen MR) is 132 cm³/mol. The first-order valence-electron chi connectivity index (χ1n) is 9.55. The third kappa shape index (κ3) is 5.83. The minimum Gasteiger partial charge on any atom is -0.490 e. The highest BCUT2D eigenvalue weighted by atomic mass is 127. The molecule has 0 saturated carbocycles. The Morgan fingerprint density at radius 3 is 2.69 bits per heavy atom. The maximum Gasteiger partial charge on any atom is 0.294 e. The van der Waals surface area contributed by atoms with Gasteiger partial charge in [0.05, 0.1) is 21.6 Å². The molecule has 9 heteroatoms. The lowest BCUT2D eigenvalue weighted by atomic mass is 10.2. The van der Waals surface area contributed by atoms with Gasteiger partial charge in [-0.1, -0.05) is 24.1 Å². The summed E-state index contributed by atoms with van der Waals surface area (Å²) in [5, 5.41) is 2.36. The maximum atomic E-state index is 12.4. The largest absolute Gasteiger partial charge is 0.490 e. The highest BCUT2D eigenvalue weighted by Gasteiger charge is 2.34. The van der Waals surface area contributed by atoms with Crippen molar-refractivity contribution in [1.29, 1.82) is 0 Å². The SMILES string of the molecule is C#CCN1C(=O)S/C(=C/c2cc(I)c(OCC(=O)Nc3ccccc3)c(OCC)c2)C1=O. The standard InChI is InChI=1S/C23H19IN2O5S/c1-3-10-26-22(28)19(32-23(26)29)13-15-11-17(24)21(18(12-15)30-4-2)31-14-20(27)25-16-8-6-5-7-9-16/h1,5-9,11-13H,4,10,14H2,2H3,(H,25,27)/b19-13+. The van der Waals surface area contributed by atoms with Crippen molar-refractivity contribution < 1.29 is 23.9 Å². The number of anilines is 1. The van der Waals surface area contributed by atoms with Crippen LogP contribution in [-0.2, 0) is 9.59 Å². The monoisotopic (exact) mass is 562 g/mol. The van der Waals surface area contributed by atoms with Gasteiger partial charge in [-0.2, -0.15) is 0 Å². The van der Waals surface area contributed by atoms with Crippen LogP contribution in [0.25, 0.3) is 6.08 Å². The Hall–Kier alpha value is -2.97. The van der Waals surface area contributed by atoms with Crippen LogP contribution in [0.5, 0.6) is 11.5 Å². The molecule has 0 radical (unpaired) electrons. The molecule has 1 aliphatic rings. The number of nitrogens with zero attached hydrogens (tertiary/aromatic N) is 1. The Labute approximate surface area is 203 Å². The van der Waals surface area contributed by atoms with E-state index in [9.17, 15) is 14.4 Å². The highest BCUT2D eigenvalue weighted by Crippen LogP contribution is 2.37. The van der Waals surface area contributed by atoms with Gasteiger partial charge in [0.1, 0.15) is 0 Å². The summed E-state index contributed by atoms with van der Waals surface area (Å²) in [6.45, 7) is 1.94. The Morgan fingerprint density at radius 2 is 2.00 bits per heavy atom. The number of terminal acetylenes is 1. The van der Waals surface area contributed by atoms with Crippen LogP contribution in [0.15, 0.2) is 47.4 Å². The van der Waals surface area contributed by atoms with Crippen LogP contribution in [0.1, 0.15) is 12.5 Å². The van der Waals surface area contributed by atoms with Crippen LogP contribution in [-0.4, -0.2) is 41.7 Å². The predicted octanol–water partition coefficient (Wildman–Crippen LogP) is 4.38. The van der Waals surface area contributed by atoms with Gasteiger partial charge in [-0.3, -0.25) is 19.3 Å². The molecule has 164 valence electrons. The summed E-state index contributed by atoms with van der Waals surface area (Å²) in [6, 6.07) is 12.6. The second-order valence-electron chi connectivity index (χ2n) is 6.44. The average molecular weight is 562 g/mol. The Bertz CT molecular complexity index is 1110. The number of carbonyl (C=O) groups excluding carboxylic acids is 3. The fourth-order valence-corrected chi connectivity index (χ4v) is 4.43. The van der Waals surface area contributed by atoms with Crippen molar-refractivity contribution in [3.8, 4) is 23.8 Å². The number of amides is 3. The van der Waals surface area contributed by atoms with E-state index in [1.54, 1.807) is 30.3 Å². The molecule has 1 fully saturated rings. The number of ether oxygens (including phenoxy) is 2. The lowest BCUT2D eigenvalue weighted by molar-refractivity contribution is -0.122. The first-order valence-corrected chi connectivity index (χ1v) is 11.4. The minimum absolute atomic E-state index is 0.0679. The molecule has 1 heterocycles. The van der Waals surface area contributed by atoms with Crippen molar-refractivity contribution in [2.24, 2.45) is 0 Å². The Kier molecular flexibility index (Phi) is 8.19. The highest BCUT2D eigenvalue weighted by molar-refractivity contribution is 14.1. The van der Waals surface area contributed by atoms with Crippen molar-refractivity contribution in [2.45, 2.75) is 6.92 Å². The average Bonchev–Trinajstić information content (AvgIpc) is 3.02. The van der Waals surface area contributed by atoms with Crippen LogP contribution < -0.4 is 14.8 Å². The normalized spacial score (nSPS) is 14.4. The van der Waals surface area contributed by atoms with Crippen molar-refractivity contribution in [3.63, 3.8) is 0 Å². The summed E-state index contributed by atoms with van der Waals surface area (Å²) in [7, 11) is 0. The molecule has 0 spiro atoms. The van der Waals surface area contributed by atoms with Crippen LogP contribution in [0.3, 0.4) is 0 Å². The van der Waals surface area contributed by atoms with Crippen molar-refractivity contribution in [3.05, 3.63) is 56.5 Å². The zero-order chi connectivity index (χ0) is 23.1. The van der Waals surface area contributed by atoms with E-state index in [4.69, 9.17) is 15.9 Å². The second kappa shape index (κ2) is 11.1. The molecular formula is C23H19IN2O5S. The fraction of sp³-hybridized carbons (Fsp3) is 0.174. The number of imide groups is 1. The van der Waals surface area contributed by atoms with Gasteiger partial charge >= 0.3 is 0 Å². The van der Waals surface area contributed by atoms with Gasteiger partial charge in [0.2, 0.25) is 0 Å². The zero-order valence-corrected chi connectivity index (χ0v) is 20.1. The summed E-state index contributed by atoms with van der Waals surface area (Å²) < 4.78 is 12.1. The number of nitrogens with one attached hydrogen (secondary N) is 1. The summed E-state index contributed by atoms with van der Waals surface area (Å²) in [5.41, 5.74) is 1.33. The third-order valence-electron chi connectivity index (χ3n) is 4.16. The van der Waals surface area contributed by atoms with E-state index in [-0.39, 0.29) is 24.0 Å². The molecule has 0 aromatic heterocycles. The fourth-order valence-electron chi connectivity index (χ4n) is 2.81. The Morgan fingerprint density at radius 1 is 1.25 bits per heavy atom. The molecule has 2 aromatic carbocycles. The van der Waals surface area contributed by atoms with E-state index in [1.807, 2.05) is 25.1 Å². The topological polar surface area (TPSA) is 84.9 Å². The second-order valence-corrected chi connectivity index (χ2v) is 8.59. The molecule has 1 N–H and O–H groups in total. The van der Waals surface area contributed by atoms with E-state index >= 15 is 0 Å². The van der Waals surface area contributed by atoms with Gasteiger partial charge in [0.25, 0.3) is 17.1 Å². The van der Waals surface area contributed by atoms with Crippen LogP contribution in [0.4, 0.5) is 10.5 Å². The molecule has 0 aliphatic carbocycles. The smallest absolute Gasteiger partial charge is 0.294 e. The Balaban J connectivity index is 1.78. The molecule has 0 unspecified atom stereocenters. The minimum atomic E-state index is -0.427. The number of hydrogen-bond donors (Lipinski definition) is 1. The summed E-state index contributed by atoms with van der Waals surface area (Å²) in [4.78, 5) is 37.9. The van der Waals surface area contributed by atoms with Gasteiger partial charge in [-0.25, -0.2) is 0 Å². The molecule has 1 aliphatic heterocycles. The lowest BCUT2D eigenvalue weighted by Crippen LogP contribution is -2.28. The van der Waals surface area contributed by atoms with Gasteiger partial charge in [0.15, 0.2) is 18.1 Å². The number of rotatable bonds is 8. The summed E-state index contributed by atoms with van der Waals surface area (Å²) in [5.74, 6) is 2.43. The van der Waals surface area contributed by atoms with Gasteiger partial charge in [-0.15, -0.1) is 6.42 Å². The van der Waals surface area contributed by atoms with Gasteiger partial charge in [0, 0.05) is 5.69 Å². The molecule has 0 bridgehead atoms. The maximum absolute atomic E-state index is 12.4. The van der Waals surface area contributed by atoms with Crippen molar-refractivity contribution in [2.75, 3.05) is 25.1 Å². The molecule has 3 amide bonds. The molecule has 0 atom stereocenters. The molecule has 2 aromatic rings. The molecule has 3 rings (SSSR count). The first-order chi connectivity index (χ1) is 15.4. The van der Waals surface area contributed by atoms with Crippen molar-refractivity contribution >= 4 is 63.2 Å². The van der Waals surface area contributed by atoms with E-state index < -0.39 is 11.1 Å². The third-order valence-corrected chi connectivity index (χ3v) is 5.87. The molecular weight excluding hydrogens is 543 g/mol. The summed E-state index contributed by atoms with van der Waals surface area (Å²) >= 11 is 2.91. The first kappa shape index (κ1) is 23.7. The molecule has 32 heavy (non-hydrogen) atoms. The molecule has 1 saturated heterocycles. The van der Waals surface area contributed by atoms with Crippen LogP contribution in [0.2, 0.25) is 0 Å². The van der Waals surface area contributed by atoms with E-state index in [2.05, 4.69) is 33.8 Å². The lowest BCUT2D eigenvalue weighted by Gasteiger charge is -2.15. The number of para-hydroxylation sites is 1. The van der Waals surface area contributed by atoms with Crippen molar-refractivity contribution in [1.82, 2.24) is 4.90 Å². The van der Waals surface area contributed by atoms with E-state index in [1.165, 1.54) is 0 Å². The number of carbonyl (C=O) groups is 3. The number of halogens is 1. The zero-order valence-electron chi connectivity index (χ0n) is 17.1. The number of benzene rings is 2. The molecule has 7 nitrogen and oxygen atoms in total. The van der Waals surface area contributed by atoms with Gasteiger partial charge < -0.3 is 14.8 Å². The van der Waals surface area contributed by atoms with Crippen LogP contribution >= 0.6 is 34.4 Å². The van der Waals surface area contributed by atoms with Gasteiger partial charge in [-0.05, 0) is 77.2 Å². The quantitative estimate of drug-likeness (QED) is 0.292. The number of thioether (sulfide) groups is 1.